The molecule has 0 spiro atoms. The van der Waals surface area contributed by atoms with Crippen molar-refractivity contribution in [1.29, 1.82) is 0 Å². The van der Waals surface area contributed by atoms with Crippen molar-refractivity contribution in [2.24, 2.45) is 0 Å². The van der Waals surface area contributed by atoms with E-state index < -0.39 is 0 Å². The molecule has 6 nitrogen and oxygen atoms in total. The normalized spacial score (nSPS) is 20.8. The number of nitrogens with one attached hydrogen (secondary N) is 2. The van der Waals surface area contributed by atoms with Crippen LogP contribution in [0.5, 0.6) is 0 Å². The minimum absolute atomic E-state index is 0.418. The Bertz CT molecular complexity index is 987. The number of hydrogen-bond acceptors (Lipinski definition) is 4. The van der Waals surface area contributed by atoms with Gasteiger partial charge in [0.2, 0.25) is 0 Å². The molecule has 120 valence electrons. The Morgan fingerprint density at radius 3 is 2.92 bits per heavy atom. The van der Waals surface area contributed by atoms with Crippen molar-refractivity contribution in [2.45, 2.75) is 31.2 Å². The fourth-order valence-corrected chi connectivity index (χ4v) is 3.78. The molecule has 3 aromatic heterocycles. The lowest BCUT2D eigenvalue weighted by Gasteiger charge is -2.14. The lowest BCUT2D eigenvalue weighted by atomic mass is 10.1. The standard InChI is InChI=1S/C18H18N6/c1-2-4-13(5-3-1)21-14-7-6-12(10-14)18-23-22-16-11-20-17-15(24(16)18)8-9-19-17/h1-5,8-9,11-12,14,19,21H,6-7,10H2/t12-,14-/m1/s1. The maximum atomic E-state index is 4.48. The summed E-state index contributed by atoms with van der Waals surface area (Å²) in [5.74, 6) is 1.47. The topological polar surface area (TPSA) is 70.9 Å². The third-order valence-electron chi connectivity index (χ3n) is 4.91. The number of hydrogen-bond donors (Lipinski definition) is 2. The van der Waals surface area contributed by atoms with Crippen molar-refractivity contribution in [3.05, 3.63) is 54.6 Å². The van der Waals surface area contributed by atoms with Crippen molar-refractivity contribution in [3.63, 3.8) is 0 Å². The molecule has 1 aliphatic carbocycles. The Labute approximate surface area is 138 Å². The van der Waals surface area contributed by atoms with Crippen molar-refractivity contribution in [1.82, 2.24) is 24.6 Å². The third-order valence-corrected chi connectivity index (χ3v) is 4.91. The largest absolute Gasteiger partial charge is 0.382 e. The first-order valence-corrected chi connectivity index (χ1v) is 8.37. The summed E-state index contributed by atoms with van der Waals surface area (Å²) in [6.07, 6.45) is 7.04. The van der Waals surface area contributed by atoms with Gasteiger partial charge in [0, 0.05) is 23.8 Å². The molecule has 6 heteroatoms. The van der Waals surface area contributed by atoms with Gasteiger partial charge in [-0.3, -0.25) is 4.40 Å². The van der Waals surface area contributed by atoms with Gasteiger partial charge in [-0.2, -0.15) is 0 Å². The molecule has 1 aromatic carbocycles. The smallest absolute Gasteiger partial charge is 0.179 e. The number of para-hydroxylation sites is 1. The average molecular weight is 318 g/mol. The second kappa shape index (κ2) is 5.33. The average Bonchev–Trinajstić information content (AvgIpc) is 3.33. The zero-order chi connectivity index (χ0) is 15.9. The first kappa shape index (κ1) is 13.5. The van der Waals surface area contributed by atoms with Gasteiger partial charge in [0.25, 0.3) is 0 Å². The first-order valence-electron chi connectivity index (χ1n) is 8.37. The van der Waals surface area contributed by atoms with Gasteiger partial charge in [0.1, 0.15) is 5.82 Å². The zero-order valence-corrected chi connectivity index (χ0v) is 13.2. The quantitative estimate of drug-likeness (QED) is 0.608. The van der Waals surface area contributed by atoms with Crippen LogP contribution in [0.3, 0.4) is 0 Å². The number of nitrogens with zero attached hydrogens (tertiary/aromatic N) is 4. The van der Waals surface area contributed by atoms with Gasteiger partial charge < -0.3 is 10.3 Å². The molecule has 1 fully saturated rings. The maximum Gasteiger partial charge on any atom is 0.179 e. The first-order chi connectivity index (χ1) is 11.9. The van der Waals surface area contributed by atoms with Crippen molar-refractivity contribution < 1.29 is 0 Å². The van der Waals surface area contributed by atoms with E-state index in [0.717, 1.165) is 41.9 Å². The highest BCUT2D eigenvalue weighted by atomic mass is 15.3. The Hall–Kier alpha value is -2.89. The van der Waals surface area contributed by atoms with E-state index in [2.05, 4.69) is 54.1 Å². The highest BCUT2D eigenvalue weighted by Crippen LogP contribution is 2.35. The number of rotatable bonds is 3. The van der Waals surface area contributed by atoms with Crippen LogP contribution in [-0.4, -0.2) is 30.6 Å². The van der Waals surface area contributed by atoms with Crippen LogP contribution in [-0.2, 0) is 0 Å². The van der Waals surface area contributed by atoms with Crippen LogP contribution < -0.4 is 5.32 Å². The van der Waals surface area contributed by atoms with Gasteiger partial charge in [0.05, 0.1) is 11.7 Å². The Morgan fingerprint density at radius 2 is 2.00 bits per heavy atom. The summed E-state index contributed by atoms with van der Waals surface area (Å²) in [7, 11) is 0. The minimum atomic E-state index is 0.418. The van der Waals surface area contributed by atoms with Crippen LogP contribution in [0.15, 0.2) is 48.8 Å². The molecule has 1 aliphatic rings. The van der Waals surface area contributed by atoms with Crippen molar-refractivity contribution in [2.75, 3.05) is 5.32 Å². The molecule has 0 saturated heterocycles. The monoisotopic (exact) mass is 318 g/mol. The summed E-state index contributed by atoms with van der Waals surface area (Å²) in [5, 5.41) is 12.4. The Kier molecular flexibility index (Phi) is 3.01. The van der Waals surface area contributed by atoms with Gasteiger partial charge in [-0.15, -0.1) is 10.2 Å². The predicted octanol–water partition coefficient (Wildman–Crippen LogP) is 3.35. The molecular weight excluding hydrogens is 300 g/mol. The maximum absolute atomic E-state index is 4.48. The van der Waals surface area contributed by atoms with E-state index >= 15 is 0 Å². The second-order valence-corrected chi connectivity index (χ2v) is 6.44. The highest BCUT2D eigenvalue weighted by Gasteiger charge is 2.29. The number of H-pyrrole nitrogens is 1. The Balaban J connectivity index is 1.45. The molecule has 0 unspecified atom stereocenters. The summed E-state index contributed by atoms with van der Waals surface area (Å²) in [5.41, 5.74) is 3.93. The number of fused-ring (bicyclic) bond motifs is 3. The van der Waals surface area contributed by atoms with E-state index in [-0.39, 0.29) is 0 Å². The fraction of sp³-hybridized carbons (Fsp3) is 0.278. The minimum Gasteiger partial charge on any atom is -0.382 e. The van der Waals surface area contributed by atoms with Crippen LogP contribution in [0.25, 0.3) is 16.8 Å². The third kappa shape index (κ3) is 2.14. The number of aromatic nitrogens is 5. The molecule has 0 bridgehead atoms. The zero-order valence-electron chi connectivity index (χ0n) is 13.2. The predicted molar refractivity (Wildman–Crippen MR) is 93.1 cm³/mol. The van der Waals surface area contributed by atoms with E-state index in [9.17, 15) is 0 Å². The number of benzene rings is 1. The van der Waals surface area contributed by atoms with E-state index in [1.165, 1.54) is 5.69 Å². The van der Waals surface area contributed by atoms with Gasteiger partial charge >= 0.3 is 0 Å². The van der Waals surface area contributed by atoms with E-state index in [1.54, 1.807) is 6.20 Å². The van der Waals surface area contributed by atoms with Crippen molar-refractivity contribution >= 4 is 22.5 Å². The molecule has 1 saturated carbocycles. The van der Waals surface area contributed by atoms with Gasteiger partial charge in [0.15, 0.2) is 11.3 Å². The van der Waals surface area contributed by atoms with Gasteiger partial charge in [-0.1, -0.05) is 18.2 Å². The molecule has 2 N–H and O–H groups in total. The summed E-state index contributed by atoms with van der Waals surface area (Å²) in [6.45, 7) is 0. The van der Waals surface area contributed by atoms with Gasteiger partial charge in [-0.25, -0.2) is 4.98 Å². The fourth-order valence-electron chi connectivity index (χ4n) is 3.78. The lowest BCUT2D eigenvalue weighted by Crippen LogP contribution is -2.15. The molecule has 0 amide bonds. The summed E-state index contributed by atoms with van der Waals surface area (Å²) in [4.78, 5) is 7.55. The molecule has 3 heterocycles. The number of aromatic amines is 1. The van der Waals surface area contributed by atoms with Crippen LogP contribution in [0, 0.1) is 0 Å². The molecular formula is C18H18N6. The molecule has 2 atom stereocenters. The van der Waals surface area contributed by atoms with Crippen LogP contribution in [0.1, 0.15) is 31.0 Å². The van der Waals surface area contributed by atoms with E-state index in [4.69, 9.17) is 0 Å². The summed E-state index contributed by atoms with van der Waals surface area (Å²) >= 11 is 0. The SMILES string of the molecule is c1ccc(N[C@@H]2CC[C@@H](c3nnc4cnc5[nH]ccc5n34)C2)cc1. The Morgan fingerprint density at radius 1 is 1.08 bits per heavy atom. The molecule has 0 aliphatic heterocycles. The molecule has 5 rings (SSSR count). The summed E-state index contributed by atoms with van der Waals surface area (Å²) in [6, 6.07) is 12.9. The van der Waals surface area contributed by atoms with Crippen LogP contribution >= 0.6 is 0 Å². The second-order valence-electron chi connectivity index (χ2n) is 6.44. The van der Waals surface area contributed by atoms with Crippen LogP contribution in [0.4, 0.5) is 5.69 Å². The number of anilines is 1. The van der Waals surface area contributed by atoms with Gasteiger partial charge in [-0.05, 0) is 37.5 Å². The molecule has 24 heavy (non-hydrogen) atoms. The highest BCUT2D eigenvalue weighted by molar-refractivity contribution is 5.74. The van der Waals surface area contributed by atoms with E-state index in [0.29, 0.717) is 12.0 Å². The van der Waals surface area contributed by atoms with Crippen LogP contribution in [0.2, 0.25) is 0 Å². The lowest BCUT2D eigenvalue weighted by molar-refractivity contribution is 0.652. The summed E-state index contributed by atoms with van der Waals surface area (Å²) < 4.78 is 2.15. The van der Waals surface area contributed by atoms with E-state index in [1.807, 2.05) is 18.3 Å². The molecule has 0 radical (unpaired) electrons. The molecule has 4 aromatic rings. The van der Waals surface area contributed by atoms with Crippen molar-refractivity contribution in [3.8, 4) is 0 Å².